The van der Waals surface area contributed by atoms with Crippen molar-refractivity contribution < 1.29 is 13.2 Å². The van der Waals surface area contributed by atoms with Crippen molar-refractivity contribution in [3.05, 3.63) is 95.6 Å². The van der Waals surface area contributed by atoms with E-state index in [-0.39, 0.29) is 0 Å². The minimum atomic E-state index is -4.50. The Kier molecular flexibility index (Phi) is 5.18. The number of hydrogen-bond donors (Lipinski definition) is 0. The lowest BCUT2D eigenvalue weighted by atomic mass is 10.0. The van der Waals surface area contributed by atoms with Crippen molar-refractivity contribution in [1.29, 1.82) is 0 Å². The average molecular weight is 467 g/mol. The molecule has 0 fully saturated rings. The van der Waals surface area contributed by atoms with Crippen molar-refractivity contribution in [3.63, 3.8) is 0 Å². The Bertz CT molecular complexity index is 1430. The molecule has 3 aromatic carbocycles. The first-order valence-corrected chi connectivity index (χ1v) is 10.2. The number of nitrogens with zero attached hydrogens (tertiary/aromatic N) is 6. The van der Waals surface area contributed by atoms with Gasteiger partial charge in [-0.05, 0) is 52.9 Å². The Hall–Kier alpha value is -3.98. The van der Waals surface area contributed by atoms with Crippen LogP contribution in [-0.4, -0.2) is 30.0 Å². The van der Waals surface area contributed by atoms with Gasteiger partial charge in [-0.2, -0.15) is 23.0 Å². The van der Waals surface area contributed by atoms with E-state index in [1.165, 1.54) is 21.6 Å². The molecule has 0 spiro atoms. The zero-order valence-corrected chi connectivity index (χ0v) is 17.5. The maximum absolute atomic E-state index is 13.5. The number of tetrazole rings is 1. The van der Waals surface area contributed by atoms with Gasteiger partial charge < -0.3 is 0 Å². The maximum atomic E-state index is 13.5. The van der Waals surface area contributed by atoms with Gasteiger partial charge in [-0.1, -0.05) is 48.0 Å². The van der Waals surface area contributed by atoms with Gasteiger partial charge in [-0.25, -0.2) is 4.68 Å². The molecular weight excluding hydrogens is 453 g/mol. The van der Waals surface area contributed by atoms with Crippen LogP contribution in [0.5, 0.6) is 0 Å². The van der Waals surface area contributed by atoms with Crippen LogP contribution in [0.2, 0.25) is 5.02 Å². The Morgan fingerprint density at radius 3 is 2.30 bits per heavy atom. The summed E-state index contributed by atoms with van der Waals surface area (Å²) in [6, 6.07) is 21.1. The fourth-order valence-corrected chi connectivity index (χ4v) is 3.72. The Morgan fingerprint density at radius 1 is 0.788 bits per heavy atom. The van der Waals surface area contributed by atoms with Gasteiger partial charge in [0.25, 0.3) is 0 Å². The third kappa shape index (κ3) is 3.98. The summed E-state index contributed by atoms with van der Waals surface area (Å²) in [7, 11) is 0. The highest BCUT2D eigenvalue weighted by Crippen LogP contribution is 2.37. The fourth-order valence-electron chi connectivity index (χ4n) is 3.53. The van der Waals surface area contributed by atoms with Crippen LogP contribution in [0.3, 0.4) is 0 Å². The van der Waals surface area contributed by atoms with Gasteiger partial charge >= 0.3 is 6.18 Å². The monoisotopic (exact) mass is 466 g/mol. The van der Waals surface area contributed by atoms with Gasteiger partial charge in [0.2, 0.25) is 0 Å². The van der Waals surface area contributed by atoms with Crippen molar-refractivity contribution in [2.75, 3.05) is 0 Å². The van der Waals surface area contributed by atoms with E-state index in [9.17, 15) is 13.2 Å². The quantitative estimate of drug-likeness (QED) is 0.333. The fraction of sp³-hybridized carbons (Fsp3) is 0.0435. The lowest BCUT2D eigenvalue weighted by molar-refractivity contribution is -0.137. The third-order valence-corrected chi connectivity index (χ3v) is 5.23. The molecule has 0 N–H and O–H groups in total. The third-order valence-electron chi connectivity index (χ3n) is 5.00. The van der Waals surface area contributed by atoms with Gasteiger partial charge in [0.05, 0.1) is 34.4 Å². The summed E-state index contributed by atoms with van der Waals surface area (Å²) >= 11 is 6.16. The molecule has 5 rings (SSSR count). The summed E-state index contributed by atoms with van der Waals surface area (Å²) in [6.07, 6.45) is -2.97. The molecular formula is C23H14ClF3N6. The lowest BCUT2D eigenvalue weighted by Crippen LogP contribution is -2.06. The number of aromatic nitrogens is 6. The summed E-state index contributed by atoms with van der Waals surface area (Å²) in [5.74, 6) is 0.335. The van der Waals surface area contributed by atoms with E-state index in [1.807, 2.05) is 30.3 Å². The number of para-hydroxylation sites is 1. The molecule has 6 nitrogen and oxygen atoms in total. The first kappa shape index (κ1) is 20.9. The number of alkyl halides is 3. The van der Waals surface area contributed by atoms with E-state index in [0.717, 1.165) is 12.1 Å². The number of halogens is 4. The molecule has 2 aromatic heterocycles. The number of benzene rings is 3. The molecule has 0 saturated heterocycles. The molecule has 0 aliphatic rings. The molecule has 0 bridgehead atoms. The van der Waals surface area contributed by atoms with Gasteiger partial charge in [0.15, 0.2) is 5.82 Å². The second-order valence-electron chi connectivity index (χ2n) is 7.13. The average Bonchev–Trinajstić information content (AvgIpc) is 3.46. The molecule has 0 saturated carbocycles. The zero-order valence-electron chi connectivity index (χ0n) is 16.8. The van der Waals surface area contributed by atoms with Crippen LogP contribution in [0.15, 0.2) is 85.1 Å². The summed E-state index contributed by atoms with van der Waals surface area (Å²) < 4.78 is 43.4. The van der Waals surface area contributed by atoms with Gasteiger partial charge in [0.1, 0.15) is 0 Å². The van der Waals surface area contributed by atoms with E-state index in [2.05, 4.69) is 20.6 Å². The summed E-state index contributed by atoms with van der Waals surface area (Å²) in [4.78, 5) is 0. The first-order chi connectivity index (χ1) is 15.9. The van der Waals surface area contributed by atoms with Crippen LogP contribution < -0.4 is 0 Å². The molecule has 0 amide bonds. The van der Waals surface area contributed by atoms with Crippen LogP contribution in [0, 0.1) is 0 Å². The van der Waals surface area contributed by atoms with Crippen molar-refractivity contribution in [2.45, 2.75) is 6.18 Å². The van der Waals surface area contributed by atoms with E-state index in [4.69, 9.17) is 11.6 Å². The van der Waals surface area contributed by atoms with Crippen LogP contribution in [-0.2, 0) is 6.18 Å². The van der Waals surface area contributed by atoms with Gasteiger partial charge in [-0.3, -0.25) is 0 Å². The van der Waals surface area contributed by atoms with E-state index >= 15 is 0 Å². The molecule has 0 radical (unpaired) electrons. The van der Waals surface area contributed by atoms with Crippen molar-refractivity contribution >= 4 is 11.6 Å². The standard InChI is InChI=1S/C23H14ClF3N6/c24-17-8-5-11-19(13-17)32-21(15-6-4-7-16(12-15)23(25,26)27)20(14-28-32)22-29-30-31-33(22)18-9-2-1-3-10-18/h1-14H. The largest absolute Gasteiger partial charge is 0.416 e. The predicted octanol–water partition coefficient (Wildman–Crippen LogP) is 5.85. The predicted molar refractivity (Wildman–Crippen MR) is 117 cm³/mol. The molecule has 0 atom stereocenters. The Balaban J connectivity index is 1.76. The van der Waals surface area contributed by atoms with Crippen molar-refractivity contribution in [3.8, 4) is 34.0 Å². The smallest absolute Gasteiger partial charge is 0.232 e. The van der Waals surface area contributed by atoms with Crippen LogP contribution in [0.4, 0.5) is 13.2 Å². The second-order valence-corrected chi connectivity index (χ2v) is 7.56. The SMILES string of the molecule is FC(F)(F)c1cccc(-c2c(-c3nnnn3-c3ccccc3)cnn2-c2cccc(Cl)c2)c1. The molecule has 10 heteroatoms. The van der Waals surface area contributed by atoms with Gasteiger partial charge in [-0.15, -0.1) is 5.10 Å². The Morgan fingerprint density at radius 2 is 1.55 bits per heavy atom. The van der Waals surface area contributed by atoms with Crippen LogP contribution in [0.1, 0.15) is 5.56 Å². The van der Waals surface area contributed by atoms with Crippen LogP contribution >= 0.6 is 11.6 Å². The highest BCUT2D eigenvalue weighted by molar-refractivity contribution is 6.30. The summed E-state index contributed by atoms with van der Waals surface area (Å²) in [5.41, 5.74) is 1.67. The van der Waals surface area contributed by atoms with Crippen molar-refractivity contribution in [2.24, 2.45) is 0 Å². The lowest BCUT2D eigenvalue weighted by Gasteiger charge is -2.13. The van der Waals surface area contributed by atoms with E-state index < -0.39 is 11.7 Å². The molecule has 0 aliphatic carbocycles. The topological polar surface area (TPSA) is 61.4 Å². The van der Waals surface area contributed by atoms with E-state index in [1.54, 1.807) is 30.3 Å². The number of hydrogen-bond acceptors (Lipinski definition) is 4. The minimum Gasteiger partial charge on any atom is -0.232 e. The highest BCUT2D eigenvalue weighted by Gasteiger charge is 2.31. The minimum absolute atomic E-state index is 0.305. The molecule has 2 heterocycles. The van der Waals surface area contributed by atoms with E-state index in [0.29, 0.717) is 39.0 Å². The molecule has 164 valence electrons. The normalized spacial score (nSPS) is 11.6. The number of rotatable bonds is 4. The highest BCUT2D eigenvalue weighted by atomic mass is 35.5. The maximum Gasteiger partial charge on any atom is 0.416 e. The summed E-state index contributed by atoms with van der Waals surface area (Å²) in [6.45, 7) is 0. The zero-order chi connectivity index (χ0) is 23.0. The molecule has 5 aromatic rings. The summed E-state index contributed by atoms with van der Waals surface area (Å²) in [5, 5.41) is 16.9. The van der Waals surface area contributed by atoms with Gasteiger partial charge in [0, 0.05) is 10.6 Å². The molecule has 0 aliphatic heterocycles. The Labute approximate surface area is 190 Å². The first-order valence-electron chi connectivity index (χ1n) is 9.77. The molecule has 0 unspecified atom stereocenters. The molecule has 33 heavy (non-hydrogen) atoms. The second kappa shape index (κ2) is 8.18. The van der Waals surface area contributed by atoms with Crippen LogP contribution in [0.25, 0.3) is 34.0 Å². The van der Waals surface area contributed by atoms with Crippen molar-refractivity contribution in [1.82, 2.24) is 30.0 Å².